The molecule has 0 aromatic heterocycles. The van der Waals surface area contributed by atoms with E-state index in [1.807, 2.05) is 36.4 Å². The summed E-state index contributed by atoms with van der Waals surface area (Å²) < 4.78 is 1.09. The second-order valence-corrected chi connectivity index (χ2v) is 5.74. The van der Waals surface area contributed by atoms with E-state index in [9.17, 15) is 0 Å². The molecule has 0 aliphatic rings. The van der Waals surface area contributed by atoms with E-state index in [-0.39, 0.29) is 4.83 Å². The largest absolute Gasteiger partial charge is 0.0843 e. The third-order valence-corrected chi connectivity index (χ3v) is 4.11. The van der Waals surface area contributed by atoms with E-state index in [1.165, 1.54) is 11.1 Å². The highest BCUT2D eigenvalue weighted by atomic mass is 79.9. The van der Waals surface area contributed by atoms with Crippen molar-refractivity contribution in [3.63, 3.8) is 0 Å². The Labute approximate surface area is 117 Å². The van der Waals surface area contributed by atoms with Crippen LogP contribution < -0.4 is 0 Å². The molecule has 2 aromatic carbocycles. The van der Waals surface area contributed by atoms with Crippen LogP contribution in [-0.2, 0) is 0 Å². The molecule has 0 radical (unpaired) electrons. The first-order valence-corrected chi connectivity index (χ1v) is 6.90. The molecular formula is C13H9Br2Cl. The van der Waals surface area contributed by atoms with E-state index in [0.717, 1.165) is 9.50 Å². The first kappa shape index (κ1) is 12.2. The minimum atomic E-state index is 0.197. The molecule has 0 aliphatic heterocycles. The third-order valence-electron chi connectivity index (χ3n) is 2.30. The summed E-state index contributed by atoms with van der Waals surface area (Å²) in [6.45, 7) is 0. The monoisotopic (exact) mass is 358 g/mol. The van der Waals surface area contributed by atoms with Crippen molar-refractivity contribution in [2.75, 3.05) is 0 Å². The lowest BCUT2D eigenvalue weighted by Crippen LogP contribution is -1.91. The van der Waals surface area contributed by atoms with Crippen molar-refractivity contribution in [3.8, 4) is 0 Å². The molecule has 3 heteroatoms. The van der Waals surface area contributed by atoms with Crippen molar-refractivity contribution >= 4 is 43.5 Å². The molecule has 0 heterocycles. The Morgan fingerprint density at radius 1 is 0.938 bits per heavy atom. The van der Waals surface area contributed by atoms with Gasteiger partial charge in [-0.25, -0.2) is 0 Å². The van der Waals surface area contributed by atoms with Gasteiger partial charge in [0, 0.05) is 9.50 Å². The average Bonchev–Trinajstić information content (AvgIpc) is 2.29. The number of hydrogen-bond donors (Lipinski definition) is 0. The summed E-state index contributed by atoms with van der Waals surface area (Å²) in [7, 11) is 0. The Balaban J connectivity index is 2.31. The SMILES string of the molecule is Clc1ccc(C(Br)c2cccc(Br)c2)cc1. The van der Waals surface area contributed by atoms with Gasteiger partial charge in [0.05, 0.1) is 4.83 Å². The van der Waals surface area contributed by atoms with E-state index in [0.29, 0.717) is 0 Å². The number of benzene rings is 2. The van der Waals surface area contributed by atoms with E-state index in [4.69, 9.17) is 11.6 Å². The van der Waals surface area contributed by atoms with Gasteiger partial charge < -0.3 is 0 Å². The van der Waals surface area contributed by atoms with Crippen LogP contribution >= 0.6 is 43.5 Å². The highest BCUT2D eigenvalue weighted by Gasteiger charge is 2.09. The molecule has 0 nitrogen and oxygen atoms in total. The predicted molar refractivity (Wildman–Crippen MR) is 76.4 cm³/mol. The van der Waals surface area contributed by atoms with Crippen LogP contribution in [0, 0.1) is 0 Å². The van der Waals surface area contributed by atoms with Gasteiger partial charge in [-0.1, -0.05) is 67.7 Å². The molecule has 0 amide bonds. The van der Waals surface area contributed by atoms with Gasteiger partial charge in [0.2, 0.25) is 0 Å². The Morgan fingerprint density at radius 2 is 1.62 bits per heavy atom. The zero-order valence-corrected chi connectivity index (χ0v) is 12.3. The molecule has 0 saturated heterocycles. The fourth-order valence-electron chi connectivity index (χ4n) is 1.49. The van der Waals surface area contributed by atoms with Gasteiger partial charge in [-0.2, -0.15) is 0 Å². The summed E-state index contributed by atoms with van der Waals surface area (Å²) >= 11 is 13.0. The second-order valence-electron chi connectivity index (χ2n) is 3.47. The van der Waals surface area contributed by atoms with Gasteiger partial charge >= 0.3 is 0 Å². The van der Waals surface area contributed by atoms with Crippen molar-refractivity contribution in [2.24, 2.45) is 0 Å². The summed E-state index contributed by atoms with van der Waals surface area (Å²) in [4.78, 5) is 0.197. The number of rotatable bonds is 2. The number of alkyl halides is 1. The van der Waals surface area contributed by atoms with E-state index >= 15 is 0 Å². The lowest BCUT2D eigenvalue weighted by atomic mass is 10.1. The maximum atomic E-state index is 5.86. The van der Waals surface area contributed by atoms with Gasteiger partial charge in [0.1, 0.15) is 0 Å². The van der Waals surface area contributed by atoms with Crippen LogP contribution in [0.4, 0.5) is 0 Å². The minimum absolute atomic E-state index is 0.197. The van der Waals surface area contributed by atoms with Crippen LogP contribution in [0.25, 0.3) is 0 Å². The molecule has 0 N–H and O–H groups in total. The van der Waals surface area contributed by atoms with Crippen molar-refractivity contribution in [1.29, 1.82) is 0 Å². The van der Waals surface area contributed by atoms with E-state index in [2.05, 4.69) is 44.0 Å². The average molecular weight is 360 g/mol. The molecule has 1 unspecified atom stereocenters. The van der Waals surface area contributed by atoms with Crippen molar-refractivity contribution < 1.29 is 0 Å². The van der Waals surface area contributed by atoms with Crippen LogP contribution in [-0.4, -0.2) is 0 Å². The molecule has 0 fully saturated rings. The van der Waals surface area contributed by atoms with Gasteiger partial charge in [-0.15, -0.1) is 0 Å². The summed E-state index contributed by atoms with van der Waals surface area (Å²) in [5, 5.41) is 0.762. The van der Waals surface area contributed by atoms with Gasteiger partial charge in [-0.3, -0.25) is 0 Å². The molecule has 2 rings (SSSR count). The van der Waals surface area contributed by atoms with E-state index < -0.39 is 0 Å². The van der Waals surface area contributed by atoms with Crippen LogP contribution in [0.15, 0.2) is 53.0 Å². The maximum Gasteiger partial charge on any atom is 0.0645 e. The summed E-state index contributed by atoms with van der Waals surface area (Å²) in [5.41, 5.74) is 2.42. The fourth-order valence-corrected chi connectivity index (χ4v) is 2.62. The zero-order chi connectivity index (χ0) is 11.5. The van der Waals surface area contributed by atoms with Gasteiger partial charge in [-0.05, 0) is 35.4 Å². The molecule has 16 heavy (non-hydrogen) atoms. The second kappa shape index (κ2) is 5.35. The lowest BCUT2D eigenvalue weighted by Gasteiger charge is -2.11. The smallest absolute Gasteiger partial charge is 0.0645 e. The van der Waals surface area contributed by atoms with Crippen molar-refractivity contribution in [3.05, 3.63) is 69.2 Å². The molecule has 0 saturated carbocycles. The Bertz CT molecular complexity index is 480. The molecule has 0 spiro atoms. The quantitative estimate of drug-likeness (QED) is 0.613. The summed E-state index contributed by atoms with van der Waals surface area (Å²) in [6.07, 6.45) is 0. The Kier molecular flexibility index (Phi) is 4.06. The molecular weight excluding hydrogens is 351 g/mol. The molecule has 2 aromatic rings. The summed E-state index contributed by atoms with van der Waals surface area (Å²) in [6, 6.07) is 16.1. The lowest BCUT2D eigenvalue weighted by molar-refractivity contribution is 1.17. The van der Waals surface area contributed by atoms with Crippen LogP contribution in [0.3, 0.4) is 0 Å². The minimum Gasteiger partial charge on any atom is -0.0843 e. The zero-order valence-electron chi connectivity index (χ0n) is 8.33. The maximum absolute atomic E-state index is 5.86. The first-order valence-electron chi connectivity index (χ1n) is 4.82. The highest BCUT2D eigenvalue weighted by Crippen LogP contribution is 2.32. The highest BCUT2D eigenvalue weighted by molar-refractivity contribution is 9.10. The van der Waals surface area contributed by atoms with Crippen LogP contribution in [0.5, 0.6) is 0 Å². The topological polar surface area (TPSA) is 0 Å². The molecule has 1 atom stereocenters. The third kappa shape index (κ3) is 2.88. The fraction of sp³-hybridized carbons (Fsp3) is 0.0769. The van der Waals surface area contributed by atoms with Crippen molar-refractivity contribution in [2.45, 2.75) is 4.83 Å². The van der Waals surface area contributed by atoms with Crippen LogP contribution in [0.1, 0.15) is 16.0 Å². The first-order chi connectivity index (χ1) is 7.66. The molecule has 0 bridgehead atoms. The van der Waals surface area contributed by atoms with Gasteiger partial charge in [0.25, 0.3) is 0 Å². The Morgan fingerprint density at radius 3 is 2.25 bits per heavy atom. The number of halogens is 3. The van der Waals surface area contributed by atoms with Crippen molar-refractivity contribution in [1.82, 2.24) is 0 Å². The van der Waals surface area contributed by atoms with Crippen LogP contribution in [0.2, 0.25) is 5.02 Å². The molecule has 82 valence electrons. The van der Waals surface area contributed by atoms with Gasteiger partial charge in [0.15, 0.2) is 0 Å². The standard InChI is InChI=1S/C13H9Br2Cl/c14-11-3-1-2-10(8-11)13(15)9-4-6-12(16)7-5-9/h1-8,13H. The Hall–Kier alpha value is -0.310. The molecule has 0 aliphatic carbocycles. The summed E-state index contributed by atoms with van der Waals surface area (Å²) in [5.74, 6) is 0. The normalized spacial score (nSPS) is 12.4. The predicted octanol–water partition coefficient (Wildman–Crippen LogP) is 5.59. The number of hydrogen-bond acceptors (Lipinski definition) is 0. The van der Waals surface area contributed by atoms with E-state index in [1.54, 1.807) is 0 Å².